The highest BCUT2D eigenvalue weighted by Gasteiger charge is 2.27. The summed E-state index contributed by atoms with van der Waals surface area (Å²) in [7, 11) is 0. The Bertz CT molecular complexity index is 571. The number of morpholine rings is 1. The van der Waals surface area contributed by atoms with Gasteiger partial charge in [0, 0.05) is 12.1 Å². The summed E-state index contributed by atoms with van der Waals surface area (Å²) in [5, 5.41) is 13.7. The monoisotopic (exact) mass is 328 g/mol. The third kappa shape index (κ3) is 4.40. The van der Waals surface area contributed by atoms with Crippen LogP contribution in [0.1, 0.15) is 13.8 Å². The zero-order chi connectivity index (χ0) is 16.3. The van der Waals surface area contributed by atoms with Crippen molar-refractivity contribution < 1.29 is 19.4 Å². The molecule has 0 bridgehead atoms. The number of quaternary nitrogens is 1. The lowest BCUT2D eigenvalue weighted by Gasteiger charge is -2.31. The fourth-order valence-corrected chi connectivity index (χ4v) is 2.84. The molecule has 120 valence electrons. The minimum absolute atomic E-state index is 0.105. The van der Waals surface area contributed by atoms with E-state index in [0.29, 0.717) is 0 Å². The van der Waals surface area contributed by atoms with Gasteiger partial charge in [-0.05, 0) is 19.9 Å². The lowest BCUT2D eigenvalue weighted by atomic mass is 10.2. The number of anilines is 1. The van der Waals surface area contributed by atoms with Gasteiger partial charge in [-0.25, -0.2) is 0 Å². The zero-order valence-corrected chi connectivity index (χ0v) is 13.2. The number of ether oxygens (including phenoxy) is 1. The first-order valence-electron chi connectivity index (χ1n) is 7.08. The van der Waals surface area contributed by atoms with Crippen LogP contribution in [-0.4, -0.2) is 42.7 Å². The number of benzene rings is 1. The Labute approximate surface area is 133 Å². The van der Waals surface area contributed by atoms with E-state index in [-0.39, 0.29) is 41.1 Å². The van der Waals surface area contributed by atoms with E-state index in [2.05, 4.69) is 5.32 Å². The van der Waals surface area contributed by atoms with E-state index in [9.17, 15) is 14.9 Å². The summed E-state index contributed by atoms with van der Waals surface area (Å²) < 4.78 is 5.63. The molecule has 1 aromatic rings. The summed E-state index contributed by atoms with van der Waals surface area (Å²) in [5.41, 5.74) is 0.148. The number of amides is 1. The summed E-state index contributed by atoms with van der Waals surface area (Å²) in [6, 6.07) is 3.97. The van der Waals surface area contributed by atoms with E-state index in [1.807, 2.05) is 13.8 Å². The SMILES string of the molecule is C[C@@H]1C[NH+](CC(=O)Nc2cc([N+](=O)[O-])ccc2Cl)C[C@@H](C)O1. The van der Waals surface area contributed by atoms with E-state index >= 15 is 0 Å². The van der Waals surface area contributed by atoms with Crippen LogP contribution in [0.3, 0.4) is 0 Å². The highest BCUT2D eigenvalue weighted by atomic mass is 35.5. The van der Waals surface area contributed by atoms with Gasteiger partial charge in [0.05, 0.1) is 15.6 Å². The van der Waals surface area contributed by atoms with Gasteiger partial charge in [0.2, 0.25) is 0 Å². The predicted octanol–water partition coefficient (Wildman–Crippen LogP) is 0.879. The molecule has 0 spiro atoms. The number of hydrogen-bond acceptors (Lipinski definition) is 4. The van der Waals surface area contributed by atoms with Gasteiger partial charge in [-0.3, -0.25) is 14.9 Å². The van der Waals surface area contributed by atoms with Gasteiger partial charge in [0.25, 0.3) is 11.6 Å². The molecule has 2 N–H and O–H groups in total. The molecule has 8 heteroatoms. The first kappa shape index (κ1) is 16.7. The molecule has 0 aromatic heterocycles. The van der Waals surface area contributed by atoms with E-state index in [4.69, 9.17) is 16.3 Å². The average Bonchev–Trinajstić information content (AvgIpc) is 2.39. The molecular formula is C14H19ClN3O4+. The molecule has 1 aliphatic heterocycles. The van der Waals surface area contributed by atoms with Crippen molar-refractivity contribution >= 4 is 28.9 Å². The first-order chi connectivity index (χ1) is 10.3. The van der Waals surface area contributed by atoms with Crippen LogP contribution in [-0.2, 0) is 9.53 Å². The molecule has 1 heterocycles. The topological polar surface area (TPSA) is 85.9 Å². The molecule has 0 radical (unpaired) electrons. The molecule has 0 aliphatic carbocycles. The Kier molecular flexibility index (Phi) is 5.33. The first-order valence-corrected chi connectivity index (χ1v) is 7.45. The molecule has 1 fully saturated rings. The molecule has 2 atom stereocenters. The van der Waals surface area contributed by atoms with E-state index in [0.717, 1.165) is 18.0 Å². The highest BCUT2D eigenvalue weighted by molar-refractivity contribution is 6.33. The second-order valence-corrected chi connectivity index (χ2v) is 5.97. The van der Waals surface area contributed by atoms with Crippen LogP contribution in [0, 0.1) is 10.1 Å². The van der Waals surface area contributed by atoms with Crippen molar-refractivity contribution in [2.24, 2.45) is 0 Å². The summed E-state index contributed by atoms with van der Waals surface area (Å²) >= 11 is 5.97. The maximum absolute atomic E-state index is 12.1. The van der Waals surface area contributed by atoms with Gasteiger partial charge in [0.1, 0.15) is 25.3 Å². The number of nitro groups is 1. The van der Waals surface area contributed by atoms with Crippen molar-refractivity contribution in [3.8, 4) is 0 Å². The van der Waals surface area contributed by atoms with Crippen LogP contribution in [0.15, 0.2) is 18.2 Å². The van der Waals surface area contributed by atoms with Gasteiger partial charge in [0.15, 0.2) is 6.54 Å². The van der Waals surface area contributed by atoms with Gasteiger partial charge >= 0.3 is 0 Å². The standard InChI is InChI=1S/C14H18ClN3O4/c1-9-6-17(7-10(2)22-9)8-14(19)16-13-5-11(18(20)21)3-4-12(13)15/h3-5,9-10H,6-8H2,1-2H3,(H,16,19)/p+1/t9-,10-/m1/s1. The number of nitrogens with zero attached hydrogens (tertiary/aromatic N) is 1. The van der Waals surface area contributed by atoms with E-state index in [1.54, 1.807) is 0 Å². The van der Waals surface area contributed by atoms with Crippen molar-refractivity contribution in [3.63, 3.8) is 0 Å². The smallest absolute Gasteiger partial charge is 0.279 e. The Hall–Kier alpha value is -1.70. The Morgan fingerprint density at radius 2 is 2.09 bits per heavy atom. The van der Waals surface area contributed by atoms with Crippen LogP contribution in [0.2, 0.25) is 5.02 Å². The summed E-state index contributed by atoms with van der Waals surface area (Å²) in [5.74, 6) is -0.223. The average molecular weight is 329 g/mol. The number of carbonyl (C=O) groups excluding carboxylic acids is 1. The van der Waals surface area contributed by atoms with Crippen LogP contribution < -0.4 is 10.2 Å². The zero-order valence-electron chi connectivity index (χ0n) is 12.5. The second kappa shape index (κ2) is 7.04. The summed E-state index contributed by atoms with van der Waals surface area (Å²) in [4.78, 5) is 23.5. The predicted molar refractivity (Wildman–Crippen MR) is 82.3 cm³/mol. The molecular weight excluding hydrogens is 310 g/mol. The van der Waals surface area contributed by atoms with Crippen LogP contribution in [0.4, 0.5) is 11.4 Å². The third-order valence-corrected chi connectivity index (χ3v) is 3.79. The molecule has 1 aromatic carbocycles. The quantitative estimate of drug-likeness (QED) is 0.634. The van der Waals surface area contributed by atoms with Crippen molar-refractivity contribution in [1.82, 2.24) is 0 Å². The third-order valence-electron chi connectivity index (χ3n) is 3.46. The van der Waals surface area contributed by atoms with Crippen LogP contribution in [0.25, 0.3) is 0 Å². The molecule has 22 heavy (non-hydrogen) atoms. The minimum Gasteiger partial charge on any atom is -0.364 e. The summed E-state index contributed by atoms with van der Waals surface area (Å²) in [6.07, 6.45) is 0.209. The number of nitrogens with one attached hydrogen (secondary N) is 2. The molecule has 1 aliphatic rings. The fraction of sp³-hybridized carbons (Fsp3) is 0.500. The number of non-ortho nitro benzene ring substituents is 1. The maximum atomic E-state index is 12.1. The number of rotatable bonds is 4. The van der Waals surface area contributed by atoms with Crippen molar-refractivity contribution in [2.75, 3.05) is 25.0 Å². The maximum Gasteiger partial charge on any atom is 0.279 e. The number of hydrogen-bond donors (Lipinski definition) is 2. The molecule has 0 unspecified atom stereocenters. The van der Waals surface area contributed by atoms with E-state index in [1.165, 1.54) is 18.2 Å². The van der Waals surface area contributed by atoms with Crippen molar-refractivity contribution in [1.29, 1.82) is 0 Å². The van der Waals surface area contributed by atoms with Gasteiger partial charge in [-0.1, -0.05) is 11.6 Å². The van der Waals surface area contributed by atoms with Gasteiger partial charge in [-0.15, -0.1) is 0 Å². The highest BCUT2D eigenvalue weighted by Crippen LogP contribution is 2.26. The van der Waals surface area contributed by atoms with Crippen LogP contribution in [0.5, 0.6) is 0 Å². The molecule has 1 saturated heterocycles. The Morgan fingerprint density at radius 3 is 2.68 bits per heavy atom. The Morgan fingerprint density at radius 1 is 1.45 bits per heavy atom. The van der Waals surface area contributed by atoms with Gasteiger partial charge in [-0.2, -0.15) is 0 Å². The van der Waals surface area contributed by atoms with Crippen molar-refractivity contribution in [3.05, 3.63) is 33.3 Å². The van der Waals surface area contributed by atoms with Crippen molar-refractivity contribution in [2.45, 2.75) is 26.1 Å². The molecule has 0 saturated carbocycles. The van der Waals surface area contributed by atoms with Gasteiger partial charge < -0.3 is 15.0 Å². The molecule has 2 rings (SSSR count). The summed E-state index contributed by atoms with van der Waals surface area (Å²) in [6.45, 7) is 5.73. The lowest BCUT2D eigenvalue weighted by Crippen LogP contribution is -3.16. The number of nitro benzene ring substituents is 1. The molecule has 7 nitrogen and oxygen atoms in total. The lowest BCUT2D eigenvalue weighted by molar-refractivity contribution is -0.907. The van der Waals surface area contributed by atoms with Crippen LogP contribution >= 0.6 is 11.6 Å². The minimum atomic E-state index is -0.525. The second-order valence-electron chi connectivity index (χ2n) is 5.56. The fourth-order valence-electron chi connectivity index (χ4n) is 2.68. The largest absolute Gasteiger partial charge is 0.364 e. The normalized spacial score (nSPS) is 24.8. The molecule has 1 amide bonds. The number of halogens is 1. The van der Waals surface area contributed by atoms with E-state index < -0.39 is 4.92 Å². The number of carbonyl (C=O) groups is 1. The Balaban J connectivity index is 2.00.